The molecular weight excluding hydrogens is 646 g/mol. The molecular formula is C36H43N5O7S. The Kier molecular flexibility index (Phi) is 9.36. The number of nitrogens with one attached hydrogen (secondary N) is 3. The maximum atomic E-state index is 13.9. The molecule has 3 aliphatic rings. The number of methoxy groups -OCH3 is 1. The number of benzene rings is 3. The molecule has 0 spiro atoms. The Balaban J connectivity index is 1.42. The molecule has 260 valence electrons. The van der Waals surface area contributed by atoms with E-state index in [9.17, 15) is 18.0 Å². The lowest BCUT2D eigenvalue weighted by atomic mass is 9.92. The van der Waals surface area contributed by atoms with Crippen LogP contribution >= 0.6 is 0 Å². The van der Waals surface area contributed by atoms with Crippen LogP contribution in [0.15, 0.2) is 77.0 Å². The zero-order valence-electron chi connectivity index (χ0n) is 28.6. The van der Waals surface area contributed by atoms with Crippen molar-refractivity contribution in [2.45, 2.75) is 71.4 Å². The molecule has 49 heavy (non-hydrogen) atoms. The monoisotopic (exact) mass is 689 g/mol. The highest BCUT2D eigenvalue weighted by atomic mass is 32.2. The minimum absolute atomic E-state index is 0.0469. The molecule has 3 N–H and O–H groups in total. The zero-order valence-corrected chi connectivity index (χ0v) is 29.4. The minimum atomic E-state index is -4.07. The topological polar surface area (TPSA) is 139 Å². The summed E-state index contributed by atoms with van der Waals surface area (Å²) >= 11 is 0. The van der Waals surface area contributed by atoms with Crippen molar-refractivity contribution in [3.63, 3.8) is 0 Å². The van der Waals surface area contributed by atoms with E-state index >= 15 is 0 Å². The molecule has 0 bridgehead atoms. The number of para-hydroxylation sites is 1. The first-order valence-corrected chi connectivity index (χ1v) is 17.9. The number of anilines is 2. The lowest BCUT2D eigenvalue weighted by Crippen LogP contribution is -2.38. The molecule has 13 heteroatoms. The number of carbonyl (C=O) groups excluding carboxylic acids is 2. The van der Waals surface area contributed by atoms with E-state index in [2.05, 4.69) is 15.5 Å². The van der Waals surface area contributed by atoms with Crippen LogP contribution < -0.4 is 20.4 Å². The highest BCUT2D eigenvalue weighted by Gasteiger charge is 2.39. The van der Waals surface area contributed by atoms with Gasteiger partial charge in [-0.1, -0.05) is 56.3 Å². The van der Waals surface area contributed by atoms with E-state index < -0.39 is 27.8 Å². The minimum Gasteiger partial charge on any atom is -0.465 e. The normalized spacial score (nSPS) is 19.9. The number of amides is 1. The van der Waals surface area contributed by atoms with Crippen molar-refractivity contribution < 1.29 is 32.3 Å². The molecule has 6 rings (SSSR count). The van der Waals surface area contributed by atoms with Gasteiger partial charge in [-0.3, -0.25) is 4.79 Å². The van der Waals surface area contributed by atoms with Crippen LogP contribution in [-0.4, -0.2) is 57.8 Å². The van der Waals surface area contributed by atoms with Crippen LogP contribution in [0, 0.1) is 5.41 Å². The highest BCUT2D eigenvalue weighted by molar-refractivity contribution is 7.89. The smallest absolute Gasteiger partial charge is 0.340 e. The standard InChI is InChI=1S/C36H43N5O7S/c1-7-47-35-37-29-13-10-12-28(33(42)46-6)31(29)41(35)20-24-15-16-26(25(19-24)21-40-18-17-36(4,5)34(40)43)27-11-8-9-14-30(27)49(44,45)39-32-22(2)23(3)38-48-32/h8-16,19,23,35,37-39H,7,17-18,20-21H2,1-6H3/t23-,35-/m0/s1. The summed E-state index contributed by atoms with van der Waals surface area (Å²) in [6.07, 6.45) is 0.179. The molecule has 0 saturated carbocycles. The molecule has 3 heterocycles. The molecule has 3 aromatic rings. The van der Waals surface area contributed by atoms with Crippen molar-refractivity contribution in [1.82, 2.24) is 15.1 Å². The molecule has 0 unspecified atom stereocenters. The Morgan fingerprint density at radius 1 is 1.08 bits per heavy atom. The lowest BCUT2D eigenvalue weighted by molar-refractivity contribution is -0.135. The zero-order chi connectivity index (χ0) is 35.1. The van der Waals surface area contributed by atoms with E-state index in [0.29, 0.717) is 48.6 Å². The fourth-order valence-corrected chi connectivity index (χ4v) is 7.76. The summed E-state index contributed by atoms with van der Waals surface area (Å²) in [6, 6.07) is 17.9. The van der Waals surface area contributed by atoms with Crippen molar-refractivity contribution in [2.75, 3.05) is 30.5 Å². The van der Waals surface area contributed by atoms with Crippen molar-refractivity contribution in [1.29, 1.82) is 0 Å². The van der Waals surface area contributed by atoms with Crippen molar-refractivity contribution >= 4 is 33.3 Å². The predicted octanol–water partition coefficient (Wildman–Crippen LogP) is 5.08. The van der Waals surface area contributed by atoms with Gasteiger partial charge in [0, 0.05) is 42.8 Å². The molecule has 1 saturated heterocycles. The van der Waals surface area contributed by atoms with Gasteiger partial charge in [0.25, 0.3) is 10.0 Å². The summed E-state index contributed by atoms with van der Waals surface area (Å²) < 4.78 is 41.5. The van der Waals surface area contributed by atoms with Crippen LogP contribution in [0.5, 0.6) is 0 Å². The molecule has 1 amide bonds. The van der Waals surface area contributed by atoms with Gasteiger partial charge in [0.1, 0.15) is 0 Å². The van der Waals surface area contributed by atoms with Crippen LogP contribution in [0.1, 0.15) is 62.5 Å². The van der Waals surface area contributed by atoms with E-state index in [-0.39, 0.29) is 22.7 Å². The number of hydrogen-bond acceptors (Lipinski definition) is 10. The Hall–Kier alpha value is -4.59. The van der Waals surface area contributed by atoms with Gasteiger partial charge in [0.05, 0.1) is 35.0 Å². The van der Waals surface area contributed by atoms with Gasteiger partial charge in [-0.15, -0.1) is 5.48 Å². The number of likely N-dealkylation sites (tertiary alicyclic amines) is 1. The number of ether oxygens (including phenoxy) is 2. The summed E-state index contributed by atoms with van der Waals surface area (Å²) in [6.45, 7) is 11.1. The number of sulfonamides is 1. The van der Waals surface area contributed by atoms with E-state index in [1.54, 1.807) is 43.3 Å². The summed E-state index contributed by atoms with van der Waals surface area (Å²) in [5.74, 6) is -0.263. The van der Waals surface area contributed by atoms with Crippen molar-refractivity contribution in [3.05, 3.63) is 88.8 Å². The molecule has 0 aromatic heterocycles. The number of rotatable bonds is 11. The predicted molar refractivity (Wildman–Crippen MR) is 185 cm³/mol. The molecule has 0 aliphatic carbocycles. The number of carbonyl (C=O) groups is 2. The average molecular weight is 690 g/mol. The molecule has 3 aliphatic heterocycles. The Morgan fingerprint density at radius 2 is 1.86 bits per heavy atom. The van der Waals surface area contributed by atoms with Gasteiger partial charge < -0.3 is 29.4 Å². The number of hydroxylamine groups is 1. The first-order valence-electron chi connectivity index (χ1n) is 16.4. The number of hydrogen-bond donors (Lipinski definition) is 3. The quantitative estimate of drug-likeness (QED) is 0.234. The van der Waals surface area contributed by atoms with Crippen LogP contribution in [0.2, 0.25) is 0 Å². The summed E-state index contributed by atoms with van der Waals surface area (Å²) in [5, 5.41) is 3.36. The fourth-order valence-electron chi connectivity index (χ4n) is 6.48. The molecule has 12 nitrogen and oxygen atoms in total. The van der Waals surface area contributed by atoms with E-state index in [0.717, 1.165) is 28.8 Å². The molecule has 3 aromatic carbocycles. The average Bonchev–Trinajstić information content (AvgIpc) is 3.68. The SMILES string of the molecule is CCO[C@H]1Nc2cccc(C(=O)OC)c2N1Cc1ccc(-c2ccccc2S(=O)(=O)NC2=C(C)[C@H](C)NO2)c(CN2CCC(C)(C)C2=O)c1. The Morgan fingerprint density at radius 3 is 2.53 bits per heavy atom. The fraction of sp³-hybridized carbons (Fsp3) is 0.389. The third-order valence-electron chi connectivity index (χ3n) is 9.41. The maximum Gasteiger partial charge on any atom is 0.340 e. The van der Waals surface area contributed by atoms with Gasteiger partial charge in [-0.25, -0.2) is 17.9 Å². The lowest BCUT2D eigenvalue weighted by Gasteiger charge is -2.28. The van der Waals surface area contributed by atoms with E-state index in [1.807, 2.05) is 61.8 Å². The summed E-state index contributed by atoms with van der Waals surface area (Å²) in [4.78, 5) is 35.5. The second-order valence-electron chi connectivity index (χ2n) is 13.2. The second kappa shape index (κ2) is 13.4. The van der Waals surface area contributed by atoms with Gasteiger partial charge in [0.15, 0.2) is 0 Å². The number of fused-ring (bicyclic) bond motifs is 1. The largest absolute Gasteiger partial charge is 0.465 e. The Bertz CT molecular complexity index is 1930. The van der Waals surface area contributed by atoms with Crippen molar-refractivity contribution in [2.24, 2.45) is 5.41 Å². The Labute approximate surface area is 287 Å². The molecule has 0 radical (unpaired) electrons. The highest BCUT2D eigenvalue weighted by Crippen LogP contribution is 2.41. The number of esters is 1. The van der Waals surface area contributed by atoms with Gasteiger partial charge in [0.2, 0.25) is 18.1 Å². The molecule has 1 fully saturated rings. The van der Waals surface area contributed by atoms with E-state index in [4.69, 9.17) is 14.3 Å². The number of nitrogens with zero attached hydrogens (tertiary/aromatic N) is 2. The van der Waals surface area contributed by atoms with Crippen LogP contribution in [0.3, 0.4) is 0 Å². The van der Waals surface area contributed by atoms with Gasteiger partial charge in [-0.2, -0.15) is 0 Å². The summed E-state index contributed by atoms with van der Waals surface area (Å²) in [7, 11) is -2.72. The maximum absolute atomic E-state index is 13.9. The third kappa shape index (κ3) is 6.57. The summed E-state index contributed by atoms with van der Waals surface area (Å²) in [5.41, 5.74) is 7.70. The second-order valence-corrected chi connectivity index (χ2v) is 14.8. The van der Waals surface area contributed by atoms with E-state index in [1.165, 1.54) is 7.11 Å². The van der Waals surface area contributed by atoms with Crippen LogP contribution in [0.25, 0.3) is 11.1 Å². The van der Waals surface area contributed by atoms with Crippen LogP contribution in [-0.2, 0) is 42.2 Å². The van der Waals surface area contributed by atoms with Gasteiger partial charge in [-0.05, 0) is 62.1 Å². The third-order valence-corrected chi connectivity index (χ3v) is 10.8. The first kappa shape index (κ1) is 34.3. The first-order chi connectivity index (χ1) is 23.3. The van der Waals surface area contributed by atoms with Crippen molar-refractivity contribution in [3.8, 4) is 11.1 Å². The van der Waals surface area contributed by atoms with Crippen LogP contribution in [0.4, 0.5) is 11.4 Å². The molecule has 2 atom stereocenters. The van der Waals surface area contributed by atoms with Gasteiger partial charge >= 0.3 is 5.97 Å².